The van der Waals surface area contributed by atoms with E-state index in [4.69, 9.17) is 0 Å². The first-order valence-electron chi connectivity index (χ1n) is 7.94. The lowest BCUT2D eigenvalue weighted by atomic mass is 9.79. The molecule has 1 fully saturated rings. The number of hydrogen-bond acceptors (Lipinski definition) is 3. The van der Waals surface area contributed by atoms with E-state index in [0.717, 1.165) is 11.5 Å². The van der Waals surface area contributed by atoms with Crippen molar-refractivity contribution in [1.29, 1.82) is 0 Å². The van der Waals surface area contributed by atoms with Gasteiger partial charge < -0.3 is 10.2 Å². The van der Waals surface area contributed by atoms with Crippen molar-refractivity contribution >= 4 is 23.6 Å². The normalized spacial score (nSPS) is 22.4. The minimum atomic E-state index is -0.713. The number of rotatable bonds is 6. The van der Waals surface area contributed by atoms with Gasteiger partial charge in [-0.25, -0.2) is 0 Å². The Morgan fingerprint density at radius 1 is 1.19 bits per heavy atom. The third-order valence-corrected chi connectivity index (χ3v) is 5.18. The van der Waals surface area contributed by atoms with Gasteiger partial charge in [0.1, 0.15) is 11.6 Å². The van der Waals surface area contributed by atoms with E-state index in [2.05, 4.69) is 12.2 Å². The summed E-state index contributed by atoms with van der Waals surface area (Å²) in [6.45, 7) is 12.8. The van der Waals surface area contributed by atoms with Crippen LogP contribution in [-0.4, -0.2) is 46.3 Å². The third kappa shape index (κ3) is 3.74. The van der Waals surface area contributed by atoms with Crippen molar-refractivity contribution in [2.75, 3.05) is 18.1 Å². The Balaban J connectivity index is 3.11. The van der Waals surface area contributed by atoms with Crippen molar-refractivity contribution in [3.63, 3.8) is 0 Å². The summed E-state index contributed by atoms with van der Waals surface area (Å²) in [6, 6.07) is -0.381. The molecule has 1 saturated heterocycles. The first-order valence-corrected chi connectivity index (χ1v) is 9.09. The van der Waals surface area contributed by atoms with Crippen LogP contribution in [0.15, 0.2) is 0 Å². The Kier molecular flexibility index (Phi) is 6.14. The van der Waals surface area contributed by atoms with Crippen molar-refractivity contribution in [3.8, 4) is 0 Å². The quantitative estimate of drug-likeness (QED) is 0.767. The molecule has 1 unspecified atom stereocenters. The maximum absolute atomic E-state index is 13.0. The first-order chi connectivity index (χ1) is 9.73. The highest BCUT2D eigenvalue weighted by Gasteiger charge is 2.51. The largest absolute Gasteiger partial charge is 0.340 e. The molecule has 4 nitrogen and oxygen atoms in total. The summed E-state index contributed by atoms with van der Waals surface area (Å²) in [6.07, 6.45) is 1.28. The van der Waals surface area contributed by atoms with Gasteiger partial charge in [-0.15, -0.1) is 0 Å². The minimum absolute atomic E-state index is 0.00713. The third-order valence-electron chi connectivity index (χ3n) is 4.30. The maximum Gasteiger partial charge on any atom is 0.249 e. The number of carbonyl (C=O) groups is 2. The van der Waals surface area contributed by atoms with Crippen LogP contribution in [0.4, 0.5) is 0 Å². The van der Waals surface area contributed by atoms with E-state index in [0.29, 0.717) is 19.4 Å². The topological polar surface area (TPSA) is 49.4 Å². The summed E-state index contributed by atoms with van der Waals surface area (Å²) in [4.78, 5) is 27.5. The van der Waals surface area contributed by atoms with E-state index < -0.39 is 5.54 Å². The van der Waals surface area contributed by atoms with Crippen LogP contribution in [0.25, 0.3) is 0 Å². The van der Waals surface area contributed by atoms with Gasteiger partial charge in [0.15, 0.2) is 0 Å². The standard InChI is InChI=1S/C16H30N2O2S/c1-7-16(8-2)14(20)18(10-11-21-9-3)12(13(19)17-16)15(4,5)6/h12H,7-11H2,1-6H3,(H,17,19). The van der Waals surface area contributed by atoms with E-state index in [1.165, 1.54) is 0 Å². The molecule has 1 rings (SSSR count). The molecule has 1 atom stereocenters. The van der Waals surface area contributed by atoms with Gasteiger partial charge in [-0.1, -0.05) is 41.5 Å². The van der Waals surface area contributed by atoms with Gasteiger partial charge in [-0.3, -0.25) is 9.59 Å². The summed E-state index contributed by atoms with van der Waals surface area (Å²) in [5.41, 5.74) is -0.972. The average molecular weight is 314 g/mol. The summed E-state index contributed by atoms with van der Waals surface area (Å²) < 4.78 is 0. The number of thioether (sulfide) groups is 1. The monoisotopic (exact) mass is 314 g/mol. The Labute approximate surface area is 133 Å². The number of hydrogen-bond donors (Lipinski definition) is 1. The van der Waals surface area contributed by atoms with Crippen LogP contribution in [0, 0.1) is 5.41 Å². The first kappa shape index (κ1) is 18.3. The second-order valence-corrected chi connectivity index (χ2v) is 8.14. The number of nitrogens with zero attached hydrogens (tertiary/aromatic N) is 1. The molecule has 1 heterocycles. The number of nitrogens with one attached hydrogen (secondary N) is 1. The lowest BCUT2D eigenvalue weighted by Gasteiger charge is -2.49. The van der Waals surface area contributed by atoms with Gasteiger partial charge in [0.2, 0.25) is 11.8 Å². The SMILES string of the molecule is CCSCCN1C(=O)C(CC)(CC)NC(=O)C1C(C)(C)C. The van der Waals surface area contributed by atoms with Gasteiger partial charge in [-0.2, -0.15) is 11.8 Å². The fraction of sp³-hybridized carbons (Fsp3) is 0.875. The fourth-order valence-corrected chi connectivity index (χ4v) is 3.63. The predicted octanol–water partition coefficient (Wildman–Crippen LogP) is 2.67. The van der Waals surface area contributed by atoms with Crippen LogP contribution in [0.5, 0.6) is 0 Å². The van der Waals surface area contributed by atoms with E-state index in [1.807, 2.05) is 51.3 Å². The van der Waals surface area contributed by atoms with Crippen LogP contribution in [0.1, 0.15) is 54.4 Å². The smallest absolute Gasteiger partial charge is 0.249 e. The molecule has 1 N–H and O–H groups in total. The van der Waals surface area contributed by atoms with Gasteiger partial charge in [0.25, 0.3) is 0 Å². The molecule has 1 aliphatic heterocycles. The van der Waals surface area contributed by atoms with Gasteiger partial charge in [-0.05, 0) is 24.0 Å². The van der Waals surface area contributed by atoms with E-state index in [9.17, 15) is 9.59 Å². The molecule has 1 aliphatic rings. The van der Waals surface area contributed by atoms with E-state index in [1.54, 1.807) is 0 Å². The molecule has 0 aromatic heterocycles. The number of amides is 2. The highest BCUT2D eigenvalue weighted by molar-refractivity contribution is 7.99. The molecular weight excluding hydrogens is 284 g/mol. The number of piperazine rings is 1. The highest BCUT2D eigenvalue weighted by Crippen LogP contribution is 2.33. The molecule has 0 radical (unpaired) electrons. The molecule has 21 heavy (non-hydrogen) atoms. The summed E-state index contributed by atoms with van der Waals surface area (Å²) in [5.74, 6) is 1.99. The number of carbonyl (C=O) groups excluding carboxylic acids is 2. The van der Waals surface area contributed by atoms with Crippen molar-refractivity contribution in [2.24, 2.45) is 5.41 Å². The predicted molar refractivity (Wildman–Crippen MR) is 89.4 cm³/mol. The summed E-state index contributed by atoms with van der Waals surface area (Å²) >= 11 is 1.81. The van der Waals surface area contributed by atoms with Crippen LogP contribution >= 0.6 is 11.8 Å². The second kappa shape index (κ2) is 7.03. The van der Waals surface area contributed by atoms with Crippen LogP contribution in [0.3, 0.4) is 0 Å². The Bertz CT molecular complexity index is 386. The zero-order valence-electron chi connectivity index (χ0n) is 14.3. The Morgan fingerprint density at radius 3 is 2.19 bits per heavy atom. The molecule has 2 amide bonds. The molecular formula is C16H30N2O2S. The molecule has 5 heteroatoms. The van der Waals surface area contributed by atoms with Crippen LogP contribution in [-0.2, 0) is 9.59 Å². The summed E-state index contributed by atoms with van der Waals surface area (Å²) in [7, 11) is 0. The van der Waals surface area contributed by atoms with Crippen molar-refractivity contribution in [3.05, 3.63) is 0 Å². The van der Waals surface area contributed by atoms with Crippen molar-refractivity contribution in [2.45, 2.75) is 66.0 Å². The zero-order valence-corrected chi connectivity index (χ0v) is 15.1. The average Bonchev–Trinajstić information content (AvgIpc) is 2.41. The molecule has 0 aromatic carbocycles. The second-order valence-electron chi connectivity index (χ2n) is 6.74. The summed E-state index contributed by atoms with van der Waals surface area (Å²) in [5, 5.41) is 3.02. The Morgan fingerprint density at radius 2 is 1.76 bits per heavy atom. The zero-order chi connectivity index (χ0) is 16.3. The lowest BCUT2D eigenvalue weighted by Crippen LogP contribution is -2.72. The molecule has 0 bridgehead atoms. The highest BCUT2D eigenvalue weighted by atomic mass is 32.2. The fourth-order valence-electron chi connectivity index (χ4n) is 3.02. The van der Waals surface area contributed by atoms with E-state index in [-0.39, 0.29) is 23.3 Å². The van der Waals surface area contributed by atoms with Crippen LogP contribution in [0.2, 0.25) is 0 Å². The van der Waals surface area contributed by atoms with E-state index >= 15 is 0 Å². The maximum atomic E-state index is 13.0. The van der Waals surface area contributed by atoms with Gasteiger partial charge in [0, 0.05) is 12.3 Å². The molecule has 0 aromatic rings. The van der Waals surface area contributed by atoms with Gasteiger partial charge in [0.05, 0.1) is 0 Å². The van der Waals surface area contributed by atoms with Crippen molar-refractivity contribution in [1.82, 2.24) is 10.2 Å². The molecule has 0 aliphatic carbocycles. The Hall–Kier alpha value is -0.710. The minimum Gasteiger partial charge on any atom is -0.340 e. The van der Waals surface area contributed by atoms with Gasteiger partial charge >= 0.3 is 0 Å². The van der Waals surface area contributed by atoms with Crippen molar-refractivity contribution < 1.29 is 9.59 Å². The molecule has 0 saturated carbocycles. The van der Waals surface area contributed by atoms with Crippen LogP contribution < -0.4 is 5.32 Å². The molecule has 0 spiro atoms. The molecule has 122 valence electrons. The lowest BCUT2D eigenvalue weighted by molar-refractivity contribution is -0.159.